The van der Waals surface area contributed by atoms with Crippen LogP contribution in [-0.4, -0.2) is 20.4 Å². The minimum Gasteiger partial charge on any atom is -0.507 e. The highest BCUT2D eigenvalue weighted by Gasteiger charge is 2.35. The first-order valence-corrected chi connectivity index (χ1v) is 6.06. The lowest BCUT2D eigenvalue weighted by atomic mass is 10.1. The number of phenols is 1. The summed E-state index contributed by atoms with van der Waals surface area (Å²) in [5.41, 5.74) is 0.656. The number of alkyl halides is 3. The molecule has 0 aliphatic rings. The number of phenolic OH excluding ortho intramolecular Hbond substituents is 1. The summed E-state index contributed by atoms with van der Waals surface area (Å²) in [6, 6.07) is 4.32. The van der Waals surface area contributed by atoms with E-state index in [0.717, 1.165) is 5.56 Å². The normalized spacial score (nSPS) is 11.4. The molecule has 0 saturated carbocycles. The molecule has 0 saturated heterocycles. The maximum atomic E-state index is 12.3. The van der Waals surface area contributed by atoms with E-state index in [0.29, 0.717) is 0 Å². The van der Waals surface area contributed by atoms with Crippen molar-refractivity contribution in [3.05, 3.63) is 34.3 Å². The predicted molar refractivity (Wildman–Crippen MR) is 65.7 cm³/mol. The molecule has 9 heteroatoms. The Morgan fingerprint density at radius 1 is 1.40 bits per heavy atom. The number of hydrogen-bond donors (Lipinski definition) is 2. The van der Waals surface area contributed by atoms with E-state index in [1.54, 1.807) is 13.0 Å². The Morgan fingerprint density at radius 3 is 2.70 bits per heavy atom. The van der Waals surface area contributed by atoms with Crippen LogP contribution in [0.25, 0.3) is 0 Å². The van der Waals surface area contributed by atoms with Crippen molar-refractivity contribution < 1.29 is 23.1 Å². The van der Waals surface area contributed by atoms with E-state index in [2.05, 4.69) is 14.7 Å². The number of rotatable bonds is 2. The SMILES string of the molecule is Cc1ccc(O)c(C(=O)Nc2nsc(C(F)(F)F)n2)c1. The van der Waals surface area contributed by atoms with E-state index in [4.69, 9.17) is 0 Å². The van der Waals surface area contributed by atoms with Gasteiger partial charge in [0.05, 0.1) is 5.56 Å². The minimum absolute atomic E-state index is 0.0617. The van der Waals surface area contributed by atoms with E-state index in [1.165, 1.54) is 12.1 Å². The Bertz CT molecular complexity index is 655. The van der Waals surface area contributed by atoms with Crippen molar-refractivity contribution in [2.45, 2.75) is 13.1 Å². The summed E-state index contributed by atoms with van der Waals surface area (Å²) < 4.78 is 40.4. The molecule has 0 aliphatic carbocycles. The smallest absolute Gasteiger partial charge is 0.444 e. The number of amides is 1. The van der Waals surface area contributed by atoms with Crippen LogP contribution in [0.15, 0.2) is 18.2 Å². The Balaban J connectivity index is 2.20. The minimum atomic E-state index is -4.61. The van der Waals surface area contributed by atoms with E-state index in [-0.39, 0.29) is 22.8 Å². The van der Waals surface area contributed by atoms with Gasteiger partial charge in [-0.25, -0.2) is 0 Å². The van der Waals surface area contributed by atoms with Crippen LogP contribution in [0.5, 0.6) is 5.75 Å². The van der Waals surface area contributed by atoms with E-state index in [9.17, 15) is 23.1 Å². The van der Waals surface area contributed by atoms with Gasteiger partial charge >= 0.3 is 6.18 Å². The molecule has 1 aromatic carbocycles. The summed E-state index contributed by atoms with van der Waals surface area (Å²) in [6.07, 6.45) is -4.61. The Hall–Kier alpha value is -2.16. The summed E-state index contributed by atoms with van der Waals surface area (Å²) in [5.74, 6) is -1.51. The third-order valence-electron chi connectivity index (χ3n) is 2.29. The second-order valence-electron chi connectivity index (χ2n) is 3.90. The first-order valence-electron chi connectivity index (χ1n) is 5.29. The topological polar surface area (TPSA) is 75.1 Å². The standard InChI is InChI=1S/C11H8F3N3O2S/c1-5-2-3-7(18)6(4-5)8(19)15-10-16-9(20-17-10)11(12,13)14/h2-4,18H,1H3,(H,15,17,19). The predicted octanol–water partition coefficient (Wildman–Crippen LogP) is 2.82. The highest BCUT2D eigenvalue weighted by atomic mass is 32.1. The second-order valence-corrected chi connectivity index (χ2v) is 4.65. The Morgan fingerprint density at radius 2 is 2.10 bits per heavy atom. The fraction of sp³-hybridized carbons (Fsp3) is 0.182. The van der Waals surface area contributed by atoms with Crippen LogP contribution in [0.2, 0.25) is 0 Å². The molecule has 2 aromatic rings. The number of carbonyl (C=O) groups excluding carboxylic acids is 1. The molecule has 1 amide bonds. The molecule has 0 atom stereocenters. The lowest BCUT2D eigenvalue weighted by Crippen LogP contribution is -2.14. The molecule has 5 nitrogen and oxygen atoms in total. The third-order valence-corrected chi connectivity index (χ3v) is 3.05. The number of carbonyl (C=O) groups is 1. The molecule has 0 unspecified atom stereocenters. The lowest BCUT2D eigenvalue weighted by Gasteiger charge is -2.04. The molecule has 0 bridgehead atoms. The number of aromatic hydroxyl groups is 1. The van der Waals surface area contributed by atoms with E-state index < -0.39 is 23.0 Å². The van der Waals surface area contributed by atoms with Gasteiger partial charge in [-0.1, -0.05) is 11.6 Å². The zero-order chi connectivity index (χ0) is 14.9. The lowest BCUT2D eigenvalue weighted by molar-refractivity contribution is -0.137. The van der Waals surface area contributed by atoms with Gasteiger partial charge < -0.3 is 5.11 Å². The van der Waals surface area contributed by atoms with E-state index in [1.807, 2.05) is 0 Å². The fourth-order valence-corrected chi connectivity index (χ4v) is 1.88. The molecule has 1 aromatic heterocycles. The van der Waals surface area contributed by atoms with Gasteiger partial charge in [-0.2, -0.15) is 22.5 Å². The number of nitrogens with one attached hydrogen (secondary N) is 1. The highest BCUT2D eigenvalue weighted by Crippen LogP contribution is 2.31. The Labute approximate surface area is 115 Å². The molecule has 2 N–H and O–H groups in total. The number of hydrogen-bond acceptors (Lipinski definition) is 5. The largest absolute Gasteiger partial charge is 0.507 e. The number of anilines is 1. The van der Waals surface area contributed by atoms with Crippen LogP contribution in [-0.2, 0) is 6.18 Å². The maximum Gasteiger partial charge on any atom is 0.444 e. The van der Waals surface area contributed by atoms with Crippen molar-refractivity contribution >= 4 is 23.4 Å². The van der Waals surface area contributed by atoms with Crippen LogP contribution >= 0.6 is 11.5 Å². The van der Waals surface area contributed by atoms with Gasteiger partial charge in [0.15, 0.2) is 0 Å². The molecular weight excluding hydrogens is 295 g/mol. The summed E-state index contributed by atoms with van der Waals surface area (Å²) in [7, 11) is 0. The van der Waals surface area contributed by atoms with Crippen LogP contribution in [0.1, 0.15) is 20.9 Å². The number of benzene rings is 1. The number of nitrogens with zero attached hydrogens (tertiary/aromatic N) is 2. The van der Waals surface area contributed by atoms with Gasteiger partial charge in [0.1, 0.15) is 5.75 Å². The van der Waals surface area contributed by atoms with E-state index >= 15 is 0 Å². The molecule has 0 fully saturated rings. The first kappa shape index (κ1) is 14.3. The van der Waals surface area contributed by atoms with Gasteiger partial charge in [0.25, 0.3) is 5.91 Å². The molecule has 2 rings (SSSR count). The fourth-order valence-electron chi connectivity index (χ4n) is 1.39. The van der Waals surface area contributed by atoms with Gasteiger partial charge in [-0.15, -0.1) is 0 Å². The molecular formula is C11H8F3N3O2S. The van der Waals surface area contributed by atoms with Crippen molar-refractivity contribution in [1.29, 1.82) is 0 Å². The van der Waals surface area contributed by atoms with Gasteiger partial charge in [-0.3, -0.25) is 10.1 Å². The molecule has 106 valence electrons. The summed E-state index contributed by atoms with van der Waals surface area (Å²) in [6.45, 7) is 1.71. The van der Waals surface area contributed by atoms with Crippen molar-refractivity contribution in [3.8, 4) is 5.75 Å². The third kappa shape index (κ3) is 3.05. The molecule has 0 radical (unpaired) electrons. The van der Waals surface area contributed by atoms with Gasteiger partial charge in [0, 0.05) is 0 Å². The van der Waals surface area contributed by atoms with Crippen LogP contribution in [0, 0.1) is 6.92 Å². The van der Waals surface area contributed by atoms with Crippen molar-refractivity contribution in [2.75, 3.05) is 5.32 Å². The van der Waals surface area contributed by atoms with Gasteiger partial charge in [-0.05, 0) is 30.6 Å². The van der Waals surface area contributed by atoms with Crippen LogP contribution in [0.3, 0.4) is 0 Å². The zero-order valence-corrected chi connectivity index (χ0v) is 10.8. The average Bonchev–Trinajstić information content (AvgIpc) is 2.80. The van der Waals surface area contributed by atoms with Crippen molar-refractivity contribution in [3.63, 3.8) is 0 Å². The second kappa shape index (κ2) is 5.08. The highest BCUT2D eigenvalue weighted by molar-refractivity contribution is 7.05. The van der Waals surface area contributed by atoms with Crippen LogP contribution in [0.4, 0.5) is 19.1 Å². The van der Waals surface area contributed by atoms with Crippen molar-refractivity contribution in [2.24, 2.45) is 0 Å². The molecule has 20 heavy (non-hydrogen) atoms. The van der Waals surface area contributed by atoms with Crippen LogP contribution < -0.4 is 5.32 Å². The first-order chi connectivity index (χ1) is 9.27. The number of halogens is 3. The summed E-state index contributed by atoms with van der Waals surface area (Å²) >= 11 is 0.138. The average molecular weight is 303 g/mol. The summed E-state index contributed by atoms with van der Waals surface area (Å²) in [4.78, 5) is 15.0. The molecule has 0 spiro atoms. The van der Waals surface area contributed by atoms with Gasteiger partial charge in [0.2, 0.25) is 11.0 Å². The molecule has 0 aliphatic heterocycles. The molecule has 1 heterocycles. The monoisotopic (exact) mass is 303 g/mol. The number of aryl methyl sites for hydroxylation is 1. The summed E-state index contributed by atoms with van der Waals surface area (Å²) in [5, 5.41) is 10.5. The number of aromatic nitrogens is 2. The zero-order valence-electron chi connectivity index (χ0n) is 10.0. The quantitative estimate of drug-likeness (QED) is 0.894. The van der Waals surface area contributed by atoms with Crippen molar-refractivity contribution in [1.82, 2.24) is 9.36 Å². The Kier molecular flexibility index (Phi) is 3.62. The maximum absolute atomic E-state index is 12.3.